The van der Waals surface area contributed by atoms with Crippen molar-refractivity contribution in [2.24, 2.45) is 91.7 Å². The van der Waals surface area contributed by atoms with Crippen LogP contribution in [0.5, 0.6) is 0 Å². The van der Waals surface area contributed by atoms with Gasteiger partial charge in [0.2, 0.25) is 5.24 Å². The maximum Gasteiger partial charge on any atom is 0.231 e. The van der Waals surface area contributed by atoms with E-state index in [0.29, 0.717) is 36.7 Å². The van der Waals surface area contributed by atoms with Gasteiger partial charge in [-0.25, -0.2) is 0 Å². The van der Waals surface area contributed by atoms with Crippen LogP contribution in [-0.4, -0.2) is 86.5 Å². The molecule has 68 heavy (non-hydrogen) atoms. The van der Waals surface area contributed by atoms with Crippen molar-refractivity contribution in [2.75, 3.05) is 13.7 Å². The zero-order valence-electron chi connectivity index (χ0n) is 44.9. The van der Waals surface area contributed by atoms with Gasteiger partial charge in [-0.3, -0.25) is 9.59 Å². The number of carbonyl (C=O) groups excluding carboxylic acids is 3. The maximum absolute atomic E-state index is 14.1. The molecule has 24 atom stereocenters. The number of rotatable bonds is 11. The topological polar surface area (TPSA) is 116 Å². The Labute approximate surface area is 415 Å². The van der Waals surface area contributed by atoms with Gasteiger partial charge in [0.05, 0.1) is 41.9 Å². The van der Waals surface area contributed by atoms with Crippen LogP contribution in [0, 0.1) is 91.7 Å². The van der Waals surface area contributed by atoms with E-state index in [4.69, 9.17) is 44.8 Å². The van der Waals surface area contributed by atoms with Crippen LogP contribution in [0.25, 0.3) is 0 Å². The van der Waals surface area contributed by atoms with E-state index < -0.39 is 54.1 Å². The highest BCUT2D eigenvalue weighted by Crippen LogP contribution is 2.76. The molecule has 0 spiro atoms. The van der Waals surface area contributed by atoms with Gasteiger partial charge >= 0.3 is 0 Å². The Balaban J connectivity index is 1.13. The number of carbonyl (C=O) groups is 3. The molecule has 0 aromatic heterocycles. The van der Waals surface area contributed by atoms with Crippen LogP contribution < -0.4 is 0 Å². The molecule has 8 rings (SSSR count). The highest BCUT2D eigenvalue weighted by Gasteiger charge is 2.72. The van der Waals surface area contributed by atoms with Crippen molar-refractivity contribution in [1.29, 1.82) is 0 Å². The molecule has 0 bridgehead atoms. The van der Waals surface area contributed by atoms with Crippen molar-refractivity contribution in [1.82, 2.24) is 0 Å². The van der Waals surface area contributed by atoms with Crippen LogP contribution in [0.3, 0.4) is 0 Å². The molecule has 0 aromatic rings. The van der Waals surface area contributed by atoms with Crippen LogP contribution in [0.4, 0.5) is 0 Å². The van der Waals surface area contributed by atoms with E-state index in [2.05, 4.69) is 96.1 Å². The zero-order valence-corrected chi connectivity index (χ0v) is 45.6. The van der Waals surface area contributed by atoms with E-state index in [9.17, 15) is 14.4 Å². The fraction of sp³-hybridized carbons (Fsp3) is 0.912. The number of ether oxygens (including phenoxy) is 7. The van der Waals surface area contributed by atoms with Crippen molar-refractivity contribution < 1.29 is 47.5 Å². The third kappa shape index (κ3) is 8.15. The molecule has 7 fully saturated rings. The minimum Gasteiger partial charge on any atom is -0.380 e. The first-order valence-corrected chi connectivity index (χ1v) is 27.5. The molecule has 0 aromatic carbocycles. The molecular weight excluding hydrogens is 880 g/mol. The van der Waals surface area contributed by atoms with Gasteiger partial charge in [0, 0.05) is 24.9 Å². The van der Waals surface area contributed by atoms with Crippen molar-refractivity contribution >= 4 is 28.9 Å². The lowest BCUT2D eigenvalue weighted by molar-refractivity contribution is -0.374. The van der Waals surface area contributed by atoms with E-state index >= 15 is 0 Å². The Morgan fingerprint density at radius 1 is 0.750 bits per heavy atom. The SMILES string of the molecule is CCC1O[C@@H](OC2[C@H](O[C@H]3CCC4(C)C5CC=C6C7CC(C)(C)CC[C@]7(C(=O)Cl)C(OC)C[C@@]6(C)[C@@]5(C)CC[C@H]4[C@@]3(C)C=O)OC(C(C)=O)[C@@H](C)[C@@H]2O[C@@H]2OC[C@@H](C)[C@H](C)C2C)C(C)[C@@H](C)[C@H]1C. The second-order valence-electron chi connectivity index (χ2n) is 26.1. The molecule has 3 aliphatic heterocycles. The monoisotopic (exact) mass is 971 g/mol. The summed E-state index contributed by atoms with van der Waals surface area (Å²) in [7, 11) is 1.77. The summed E-state index contributed by atoms with van der Waals surface area (Å²) in [5.41, 5.74) is -0.635. The van der Waals surface area contributed by atoms with Gasteiger partial charge in [-0.1, -0.05) is 109 Å². The lowest BCUT2D eigenvalue weighted by Gasteiger charge is -2.71. The van der Waals surface area contributed by atoms with Crippen molar-refractivity contribution in [3.63, 3.8) is 0 Å². The number of hydrogen-bond acceptors (Lipinski definition) is 10. The summed E-state index contributed by atoms with van der Waals surface area (Å²) in [6.07, 6.45) is 7.07. The van der Waals surface area contributed by atoms with Crippen molar-refractivity contribution in [2.45, 2.75) is 224 Å². The van der Waals surface area contributed by atoms with Gasteiger partial charge in [-0.2, -0.15) is 0 Å². The van der Waals surface area contributed by atoms with Crippen LogP contribution in [0.1, 0.15) is 168 Å². The Morgan fingerprint density at radius 3 is 2.06 bits per heavy atom. The average molecular weight is 972 g/mol. The largest absolute Gasteiger partial charge is 0.380 e. The zero-order chi connectivity index (χ0) is 49.8. The summed E-state index contributed by atoms with van der Waals surface area (Å²) in [6.45, 7) is 34.0. The van der Waals surface area contributed by atoms with Crippen LogP contribution in [0.2, 0.25) is 0 Å². The number of allylic oxidation sites excluding steroid dienone is 2. The third-order valence-electron chi connectivity index (χ3n) is 22.4. The fourth-order valence-corrected chi connectivity index (χ4v) is 17.3. The summed E-state index contributed by atoms with van der Waals surface area (Å²) >= 11 is 6.72. The third-order valence-corrected chi connectivity index (χ3v) is 22.8. The van der Waals surface area contributed by atoms with Crippen molar-refractivity contribution in [3.05, 3.63) is 11.6 Å². The average Bonchev–Trinajstić information content (AvgIpc) is 3.28. The summed E-state index contributed by atoms with van der Waals surface area (Å²) in [5, 5.41) is -0.247. The molecule has 3 heterocycles. The number of Topliss-reactive ketones (excluding diaryl/α,β-unsaturated/α-hetero) is 1. The number of hydrogen-bond donors (Lipinski definition) is 0. The predicted molar refractivity (Wildman–Crippen MR) is 263 cm³/mol. The Bertz CT molecular complexity index is 1920. The minimum absolute atomic E-state index is 0.0219. The van der Waals surface area contributed by atoms with E-state index in [0.717, 1.165) is 57.8 Å². The molecule has 9 unspecified atom stereocenters. The van der Waals surface area contributed by atoms with Gasteiger partial charge in [0.25, 0.3) is 0 Å². The van der Waals surface area contributed by atoms with Crippen LogP contribution in [-0.2, 0) is 47.5 Å². The fourth-order valence-electron chi connectivity index (χ4n) is 17.0. The van der Waals surface area contributed by atoms with E-state index in [1.54, 1.807) is 14.0 Å². The van der Waals surface area contributed by atoms with Crippen LogP contribution >= 0.6 is 11.6 Å². The second-order valence-corrected chi connectivity index (χ2v) is 26.5. The van der Waals surface area contributed by atoms with Crippen LogP contribution in [0.15, 0.2) is 11.6 Å². The second kappa shape index (κ2) is 18.9. The molecule has 4 saturated carbocycles. The van der Waals surface area contributed by atoms with Gasteiger partial charge in [0.15, 0.2) is 24.7 Å². The molecule has 10 nitrogen and oxygen atoms in total. The molecule has 0 radical (unpaired) electrons. The molecular formula is C57H91ClO10. The lowest BCUT2D eigenvalue weighted by Crippen LogP contribution is -2.68. The van der Waals surface area contributed by atoms with E-state index in [-0.39, 0.29) is 80.4 Å². The Hall–Kier alpha value is -1.24. The summed E-state index contributed by atoms with van der Waals surface area (Å²) in [5.74, 6) is 1.46. The van der Waals surface area contributed by atoms with Gasteiger partial charge in [0.1, 0.15) is 18.5 Å². The van der Waals surface area contributed by atoms with Gasteiger partial charge in [-0.15, -0.1) is 0 Å². The maximum atomic E-state index is 14.1. The summed E-state index contributed by atoms with van der Waals surface area (Å²) < 4.78 is 48.3. The predicted octanol–water partition coefficient (Wildman–Crippen LogP) is 11.8. The standard InChI is InChI=1S/C57H91ClO10/c1-17-40-33(5)32(4)35(7)49(64-40)68-47-46(67-48-34(6)31(3)30(2)28-63-48)36(8)45(37(9)60)66-50(47)65-43-21-22-53(12)41(54(43,13)29-59)20-23-55(14)42(53)19-18-38-39-26-52(10,11)24-25-57(39,51(58)61)44(62-16)27-56(38,55)15/h18,29-36,39-50H,17,19-28H2,1-16H3/t30-,31+,32+,33-,34?,35?,36-,39?,40?,41-,42?,43+,44?,45?,46+,47?,48+,49+,50-,53?,54-,55+,56-,57-/m1/s1. The van der Waals surface area contributed by atoms with Gasteiger partial charge in [-0.05, 0) is 146 Å². The Kier molecular flexibility index (Phi) is 14.8. The molecule has 11 heteroatoms. The summed E-state index contributed by atoms with van der Waals surface area (Å²) in [4.78, 5) is 41.5. The Morgan fingerprint density at radius 2 is 1.43 bits per heavy atom. The molecule has 3 saturated heterocycles. The lowest BCUT2D eigenvalue weighted by atomic mass is 9.33. The molecule has 386 valence electrons. The number of halogens is 1. The highest BCUT2D eigenvalue weighted by molar-refractivity contribution is 6.64. The van der Waals surface area contributed by atoms with E-state index in [1.165, 1.54) is 11.9 Å². The number of aldehydes is 1. The first-order chi connectivity index (χ1) is 31.8. The number of ketones is 1. The quantitative estimate of drug-likeness (QED) is 0.0858. The molecule has 8 aliphatic rings. The molecule has 5 aliphatic carbocycles. The first kappa shape index (κ1) is 53.1. The number of fused-ring (bicyclic) bond motifs is 7. The molecule has 0 N–H and O–H groups in total. The van der Waals surface area contributed by atoms with Crippen molar-refractivity contribution in [3.8, 4) is 0 Å². The molecule has 0 amide bonds. The number of methoxy groups -OCH3 is 1. The van der Waals surface area contributed by atoms with Gasteiger partial charge < -0.3 is 38.0 Å². The highest BCUT2D eigenvalue weighted by atomic mass is 35.5. The minimum atomic E-state index is -1.01. The summed E-state index contributed by atoms with van der Waals surface area (Å²) in [6, 6.07) is 0. The normalized spacial score (nSPS) is 53.4. The first-order valence-electron chi connectivity index (χ1n) is 27.1. The van der Waals surface area contributed by atoms with E-state index in [1.807, 2.05) is 6.92 Å². The smallest absolute Gasteiger partial charge is 0.231 e.